The summed E-state index contributed by atoms with van der Waals surface area (Å²) in [6.45, 7) is 1.90. The number of nitrogens with one attached hydrogen (secondary N) is 1. The average Bonchev–Trinajstić information content (AvgIpc) is 3.10. The van der Waals surface area contributed by atoms with E-state index in [0.29, 0.717) is 22.3 Å². The van der Waals surface area contributed by atoms with E-state index in [0.717, 1.165) is 5.56 Å². The third-order valence-electron chi connectivity index (χ3n) is 4.55. The number of nitro benzene ring substituents is 1. The van der Waals surface area contributed by atoms with E-state index in [-0.39, 0.29) is 17.6 Å². The summed E-state index contributed by atoms with van der Waals surface area (Å²) in [4.78, 5) is 28.1. The molecule has 1 aromatic heterocycles. The number of benzene rings is 2. The number of hydrogen-bond donors (Lipinski definition) is 1. The number of aromatic amines is 1. The van der Waals surface area contributed by atoms with Gasteiger partial charge in [-0.2, -0.15) is 0 Å². The molecule has 1 amide bonds. The number of para-hydroxylation sites is 2. The summed E-state index contributed by atoms with van der Waals surface area (Å²) < 4.78 is 5.37. The van der Waals surface area contributed by atoms with Crippen molar-refractivity contribution in [2.24, 2.45) is 0 Å². The van der Waals surface area contributed by atoms with E-state index in [1.54, 1.807) is 37.3 Å². The molecule has 3 rings (SSSR count). The van der Waals surface area contributed by atoms with E-state index < -0.39 is 4.92 Å². The molecule has 3 aromatic rings. The molecule has 1 N–H and O–H groups in total. The Labute approximate surface area is 150 Å². The Morgan fingerprint density at radius 2 is 1.96 bits per heavy atom. The maximum atomic E-state index is 12.9. The van der Waals surface area contributed by atoms with Gasteiger partial charge < -0.3 is 14.6 Å². The molecule has 0 saturated carbocycles. The molecule has 0 aliphatic rings. The Morgan fingerprint density at radius 1 is 1.23 bits per heavy atom. The van der Waals surface area contributed by atoms with Crippen LogP contribution in [0.5, 0.6) is 5.75 Å². The number of carbonyl (C=O) groups is 1. The van der Waals surface area contributed by atoms with Gasteiger partial charge in [0, 0.05) is 24.1 Å². The number of amides is 1. The van der Waals surface area contributed by atoms with Crippen molar-refractivity contribution in [3.63, 3.8) is 0 Å². The van der Waals surface area contributed by atoms with Gasteiger partial charge in [0.15, 0.2) is 0 Å². The SMILES string of the molecule is COc1ccccc1[C@@H](C)N(C)C(=O)c1cc2cccc([N+](=O)[O-])c2[nH]1. The summed E-state index contributed by atoms with van der Waals surface area (Å²) in [5.41, 5.74) is 1.48. The molecular weight excluding hydrogens is 334 g/mol. The van der Waals surface area contributed by atoms with Crippen molar-refractivity contribution >= 4 is 22.5 Å². The minimum absolute atomic E-state index is 0.0537. The van der Waals surface area contributed by atoms with Crippen molar-refractivity contribution < 1.29 is 14.5 Å². The Morgan fingerprint density at radius 3 is 2.65 bits per heavy atom. The van der Waals surface area contributed by atoms with Gasteiger partial charge >= 0.3 is 0 Å². The maximum absolute atomic E-state index is 12.9. The summed E-state index contributed by atoms with van der Waals surface area (Å²) in [5, 5.41) is 11.8. The predicted octanol–water partition coefficient (Wildman–Crippen LogP) is 3.92. The second-order valence-electron chi connectivity index (χ2n) is 6.02. The first-order valence-electron chi connectivity index (χ1n) is 8.10. The van der Waals surface area contributed by atoms with Gasteiger partial charge in [0.25, 0.3) is 11.6 Å². The maximum Gasteiger partial charge on any atom is 0.293 e. The van der Waals surface area contributed by atoms with E-state index >= 15 is 0 Å². The topological polar surface area (TPSA) is 88.5 Å². The summed E-state index contributed by atoms with van der Waals surface area (Å²) in [7, 11) is 3.28. The highest BCUT2D eigenvalue weighted by molar-refractivity contribution is 6.00. The molecule has 0 radical (unpaired) electrons. The number of hydrogen-bond acceptors (Lipinski definition) is 4. The molecule has 0 fully saturated rings. The average molecular weight is 353 g/mol. The van der Waals surface area contributed by atoms with E-state index in [1.165, 1.54) is 6.07 Å². The van der Waals surface area contributed by atoms with Crippen LogP contribution in [0.2, 0.25) is 0 Å². The lowest BCUT2D eigenvalue weighted by Crippen LogP contribution is -2.30. The zero-order valence-corrected chi connectivity index (χ0v) is 14.7. The van der Waals surface area contributed by atoms with Gasteiger partial charge in [0.2, 0.25) is 0 Å². The van der Waals surface area contributed by atoms with Crippen LogP contribution >= 0.6 is 0 Å². The van der Waals surface area contributed by atoms with Crippen LogP contribution in [-0.4, -0.2) is 34.9 Å². The molecule has 0 saturated heterocycles. The fraction of sp³-hybridized carbons (Fsp3) is 0.211. The minimum atomic E-state index is -0.464. The molecule has 1 atom stereocenters. The van der Waals surface area contributed by atoms with E-state index in [2.05, 4.69) is 4.98 Å². The number of non-ortho nitro benzene ring substituents is 1. The van der Waals surface area contributed by atoms with Crippen molar-refractivity contribution in [3.05, 3.63) is 69.9 Å². The number of aromatic nitrogens is 1. The monoisotopic (exact) mass is 353 g/mol. The van der Waals surface area contributed by atoms with E-state index in [4.69, 9.17) is 4.74 Å². The molecular formula is C19H19N3O4. The van der Waals surface area contributed by atoms with Crippen molar-refractivity contribution in [2.45, 2.75) is 13.0 Å². The molecule has 0 unspecified atom stereocenters. The number of H-pyrrole nitrogens is 1. The summed E-state index contributed by atoms with van der Waals surface area (Å²) in [5.74, 6) is 0.445. The van der Waals surface area contributed by atoms with E-state index in [9.17, 15) is 14.9 Å². The number of fused-ring (bicyclic) bond motifs is 1. The quantitative estimate of drug-likeness (QED) is 0.556. The molecule has 26 heavy (non-hydrogen) atoms. The Kier molecular flexibility index (Phi) is 4.62. The lowest BCUT2D eigenvalue weighted by Gasteiger charge is -2.26. The number of nitrogens with zero attached hydrogens (tertiary/aromatic N) is 2. The highest BCUT2D eigenvalue weighted by atomic mass is 16.6. The number of ether oxygens (including phenoxy) is 1. The van der Waals surface area contributed by atoms with Gasteiger partial charge in [-0.25, -0.2) is 0 Å². The molecule has 7 nitrogen and oxygen atoms in total. The van der Waals surface area contributed by atoms with Crippen LogP contribution in [0.15, 0.2) is 48.5 Å². The number of carbonyl (C=O) groups excluding carboxylic acids is 1. The number of methoxy groups -OCH3 is 1. The van der Waals surface area contributed by atoms with Crippen molar-refractivity contribution in [1.82, 2.24) is 9.88 Å². The normalized spacial score (nSPS) is 12.0. The molecule has 0 bridgehead atoms. The van der Waals surface area contributed by atoms with Crippen LogP contribution < -0.4 is 4.74 Å². The molecule has 1 heterocycles. The van der Waals surface area contributed by atoms with Gasteiger partial charge in [-0.3, -0.25) is 14.9 Å². The molecule has 0 spiro atoms. The van der Waals surface area contributed by atoms with Gasteiger partial charge in [-0.1, -0.05) is 30.3 Å². The highest BCUT2D eigenvalue weighted by Crippen LogP contribution is 2.30. The summed E-state index contributed by atoms with van der Waals surface area (Å²) >= 11 is 0. The Hall–Kier alpha value is -3.35. The summed E-state index contributed by atoms with van der Waals surface area (Å²) in [6.07, 6.45) is 0. The van der Waals surface area contributed by atoms with Crippen molar-refractivity contribution in [1.29, 1.82) is 0 Å². The predicted molar refractivity (Wildman–Crippen MR) is 98.5 cm³/mol. The van der Waals surface area contributed by atoms with Crippen LogP contribution in [-0.2, 0) is 0 Å². The highest BCUT2D eigenvalue weighted by Gasteiger charge is 2.24. The van der Waals surface area contributed by atoms with Gasteiger partial charge in [0.1, 0.15) is 17.0 Å². The smallest absolute Gasteiger partial charge is 0.293 e. The molecule has 134 valence electrons. The zero-order valence-electron chi connectivity index (χ0n) is 14.7. The zero-order chi connectivity index (χ0) is 18.8. The molecule has 2 aromatic carbocycles. The third-order valence-corrected chi connectivity index (χ3v) is 4.55. The fourth-order valence-electron chi connectivity index (χ4n) is 2.99. The van der Waals surface area contributed by atoms with Crippen LogP contribution in [0, 0.1) is 10.1 Å². The first kappa shape index (κ1) is 17.5. The largest absolute Gasteiger partial charge is 0.496 e. The van der Waals surface area contributed by atoms with Crippen LogP contribution in [0.4, 0.5) is 5.69 Å². The van der Waals surface area contributed by atoms with Crippen LogP contribution in [0.3, 0.4) is 0 Å². The first-order valence-corrected chi connectivity index (χ1v) is 8.10. The molecule has 0 aliphatic carbocycles. The van der Waals surface area contributed by atoms with Gasteiger partial charge in [-0.15, -0.1) is 0 Å². The standard InChI is InChI=1S/C19H19N3O4/c1-12(14-8-4-5-10-17(14)26-3)21(2)19(23)15-11-13-7-6-9-16(22(24)25)18(13)20-15/h4-12,20H,1-3H3/t12-/m1/s1. The first-order chi connectivity index (χ1) is 12.4. The lowest BCUT2D eigenvalue weighted by atomic mass is 10.1. The Bertz CT molecular complexity index is 980. The molecule has 7 heteroatoms. The van der Waals surface area contributed by atoms with Crippen LogP contribution in [0.25, 0.3) is 10.9 Å². The second kappa shape index (κ2) is 6.87. The third kappa shape index (κ3) is 2.99. The summed E-state index contributed by atoms with van der Waals surface area (Å²) in [6, 6.07) is 13.7. The van der Waals surface area contributed by atoms with Gasteiger partial charge in [0.05, 0.1) is 18.1 Å². The minimum Gasteiger partial charge on any atom is -0.496 e. The van der Waals surface area contributed by atoms with Crippen molar-refractivity contribution in [2.75, 3.05) is 14.2 Å². The Balaban J connectivity index is 1.95. The molecule has 0 aliphatic heterocycles. The van der Waals surface area contributed by atoms with E-state index in [1.807, 2.05) is 31.2 Å². The van der Waals surface area contributed by atoms with Crippen molar-refractivity contribution in [3.8, 4) is 5.75 Å². The number of rotatable bonds is 5. The number of nitro groups is 1. The fourth-order valence-corrected chi connectivity index (χ4v) is 2.99. The second-order valence-corrected chi connectivity index (χ2v) is 6.02. The van der Waals surface area contributed by atoms with Gasteiger partial charge in [-0.05, 0) is 19.1 Å². The lowest BCUT2D eigenvalue weighted by molar-refractivity contribution is -0.383. The van der Waals surface area contributed by atoms with Crippen LogP contribution in [0.1, 0.15) is 29.0 Å².